The number of carbonyl (C=O) groups is 1. The molecule has 4 bridgehead atoms. The van der Waals surface area contributed by atoms with Crippen molar-refractivity contribution in [1.82, 2.24) is 0 Å². The summed E-state index contributed by atoms with van der Waals surface area (Å²) in [6, 6.07) is 0. The predicted octanol–water partition coefficient (Wildman–Crippen LogP) is 2.47. The molecule has 0 aromatic carbocycles. The number of ether oxygens (including phenoxy) is 1. The average Bonchev–Trinajstić information content (AvgIpc) is 2.47. The van der Waals surface area contributed by atoms with Gasteiger partial charge in [-0.1, -0.05) is 0 Å². The summed E-state index contributed by atoms with van der Waals surface area (Å²) in [6.07, 6.45) is 7.20. The number of Topliss-reactive ketones (excluding diaryl/α,β-unsaturated/α-hetero) is 1. The van der Waals surface area contributed by atoms with Crippen LogP contribution < -0.4 is 0 Å². The minimum absolute atomic E-state index is 0.212. The van der Waals surface area contributed by atoms with Crippen molar-refractivity contribution in [3.05, 3.63) is 0 Å². The SMILES string of the molecule is O=C1CCOOC2(OCC1)C1CC3CC(C1)CC2C3. The van der Waals surface area contributed by atoms with Gasteiger partial charge in [-0.15, -0.1) is 0 Å². The fraction of sp³-hybridized carbons (Fsp3) is 0.933. The molecule has 19 heavy (non-hydrogen) atoms. The highest BCUT2D eigenvalue weighted by atomic mass is 17.2. The van der Waals surface area contributed by atoms with Crippen molar-refractivity contribution in [2.75, 3.05) is 13.2 Å². The zero-order chi connectivity index (χ0) is 12.9. The minimum Gasteiger partial charge on any atom is -0.346 e. The molecule has 0 N–H and O–H groups in total. The zero-order valence-electron chi connectivity index (χ0n) is 11.3. The van der Waals surface area contributed by atoms with Gasteiger partial charge in [-0.05, 0) is 43.9 Å². The Morgan fingerprint density at radius 2 is 1.53 bits per heavy atom. The molecular formula is C15H22O4. The topological polar surface area (TPSA) is 44.8 Å². The van der Waals surface area contributed by atoms with E-state index in [1.54, 1.807) is 0 Å². The van der Waals surface area contributed by atoms with E-state index in [0.717, 1.165) is 11.8 Å². The molecular weight excluding hydrogens is 244 g/mol. The Kier molecular flexibility index (Phi) is 2.94. The van der Waals surface area contributed by atoms with Crippen LogP contribution in [0.2, 0.25) is 0 Å². The molecule has 1 spiro atoms. The van der Waals surface area contributed by atoms with Crippen molar-refractivity contribution in [2.45, 2.75) is 50.7 Å². The second-order valence-corrected chi connectivity index (χ2v) is 6.82. The van der Waals surface area contributed by atoms with E-state index in [4.69, 9.17) is 14.5 Å². The van der Waals surface area contributed by atoms with E-state index in [1.807, 2.05) is 0 Å². The summed E-state index contributed by atoms with van der Waals surface area (Å²) in [5.74, 6) is 2.35. The van der Waals surface area contributed by atoms with Crippen molar-refractivity contribution in [1.29, 1.82) is 0 Å². The van der Waals surface area contributed by atoms with Gasteiger partial charge in [0.1, 0.15) is 5.78 Å². The van der Waals surface area contributed by atoms with Gasteiger partial charge in [0.25, 0.3) is 0 Å². The van der Waals surface area contributed by atoms with Crippen LogP contribution in [0, 0.1) is 23.7 Å². The number of carbonyl (C=O) groups excluding carboxylic acids is 1. The maximum absolute atomic E-state index is 11.5. The molecule has 0 amide bonds. The van der Waals surface area contributed by atoms with E-state index in [2.05, 4.69) is 0 Å². The first kappa shape index (κ1) is 12.3. The van der Waals surface area contributed by atoms with E-state index < -0.39 is 5.79 Å². The number of hydrogen-bond acceptors (Lipinski definition) is 4. The van der Waals surface area contributed by atoms with Gasteiger partial charge in [-0.2, -0.15) is 0 Å². The van der Waals surface area contributed by atoms with E-state index >= 15 is 0 Å². The van der Waals surface area contributed by atoms with Crippen LogP contribution in [0.25, 0.3) is 0 Å². The van der Waals surface area contributed by atoms with Crippen molar-refractivity contribution in [2.24, 2.45) is 23.7 Å². The molecule has 4 heteroatoms. The van der Waals surface area contributed by atoms with Crippen molar-refractivity contribution < 1.29 is 19.3 Å². The van der Waals surface area contributed by atoms with Crippen molar-refractivity contribution in [3.63, 3.8) is 0 Å². The molecule has 1 saturated heterocycles. The van der Waals surface area contributed by atoms with E-state index in [1.165, 1.54) is 32.1 Å². The smallest absolute Gasteiger partial charge is 0.207 e. The lowest BCUT2D eigenvalue weighted by atomic mass is 9.53. The minimum atomic E-state index is -0.544. The Morgan fingerprint density at radius 1 is 0.895 bits per heavy atom. The number of ketones is 1. The number of hydrogen-bond donors (Lipinski definition) is 0. The lowest BCUT2D eigenvalue weighted by Crippen LogP contribution is -2.60. The van der Waals surface area contributed by atoms with Gasteiger partial charge in [-0.3, -0.25) is 4.79 Å². The van der Waals surface area contributed by atoms with Crippen LogP contribution in [0.15, 0.2) is 0 Å². The lowest BCUT2D eigenvalue weighted by Gasteiger charge is -2.58. The molecule has 4 aliphatic carbocycles. The lowest BCUT2D eigenvalue weighted by molar-refractivity contribution is -0.474. The van der Waals surface area contributed by atoms with Crippen LogP contribution in [0.5, 0.6) is 0 Å². The Balaban J connectivity index is 1.58. The van der Waals surface area contributed by atoms with Gasteiger partial charge < -0.3 is 4.74 Å². The molecule has 1 aliphatic heterocycles. The fourth-order valence-corrected chi connectivity index (χ4v) is 4.98. The van der Waals surface area contributed by atoms with Crippen molar-refractivity contribution >= 4 is 5.78 Å². The highest BCUT2D eigenvalue weighted by molar-refractivity contribution is 5.78. The van der Waals surface area contributed by atoms with Crippen LogP contribution in [0.3, 0.4) is 0 Å². The standard InChI is InChI=1S/C15H22O4/c16-14-1-3-17-15(19-18-4-2-14)12-6-10-5-11(8-12)9-13(15)7-10/h10-13H,1-9H2. The highest BCUT2D eigenvalue weighted by Gasteiger charge is 2.60. The van der Waals surface area contributed by atoms with Gasteiger partial charge in [0.2, 0.25) is 5.79 Å². The summed E-state index contributed by atoms with van der Waals surface area (Å²) in [7, 11) is 0. The molecule has 5 fully saturated rings. The normalized spacial score (nSPS) is 50.0. The van der Waals surface area contributed by atoms with E-state index in [9.17, 15) is 4.79 Å². The Labute approximate surface area is 113 Å². The molecule has 0 aromatic heterocycles. The first-order valence-corrected chi connectivity index (χ1v) is 7.72. The Hall–Kier alpha value is -0.450. The van der Waals surface area contributed by atoms with Gasteiger partial charge in [0.05, 0.1) is 13.2 Å². The Morgan fingerprint density at radius 3 is 2.21 bits per heavy atom. The summed E-state index contributed by atoms with van der Waals surface area (Å²) in [4.78, 5) is 22.7. The monoisotopic (exact) mass is 266 g/mol. The largest absolute Gasteiger partial charge is 0.346 e. The average molecular weight is 266 g/mol. The predicted molar refractivity (Wildman–Crippen MR) is 67.0 cm³/mol. The first-order valence-electron chi connectivity index (χ1n) is 7.72. The van der Waals surface area contributed by atoms with Crippen LogP contribution >= 0.6 is 0 Å². The second kappa shape index (κ2) is 4.54. The van der Waals surface area contributed by atoms with Gasteiger partial charge in [0, 0.05) is 24.7 Å². The summed E-state index contributed by atoms with van der Waals surface area (Å²) in [5, 5.41) is 0. The van der Waals surface area contributed by atoms with Crippen LogP contribution in [-0.2, 0) is 19.3 Å². The third-order valence-corrected chi connectivity index (χ3v) is 5.64. The molecule has 106 valence electrons. The zero-order valence-corrected chi connectivity index (χ0v) is 11.3. The first-order chi connectivity index (χ1) is 9.26. The maximum atomic E-state index is 11.5. The molecule has 4 saturated carbocycles. The quantitative estimate of drug-likeness (QED) is 0.632. The second-order valence-electron chi connectivity index (χ2n) is 6.82. The summed E-state index contributed by atoms with van der Waals surface area (Å²) in [6.45, 7) is 0.862. The Bertz CT molecular complexity index is 350. The molecule has 0 radical (unpaired) electrons. The van der Waals surface area contributed by atoms with Crippen LogP contribution in [0.4, 0.5) is 0 Å². The van der Waals surface area contributed by atoms with Gasteiger partial charge >= 0.3 is 0 Å². The molecule has 4 nitrogen and oxygen atoms in total. The molecule has 0 atom stereocenters. The molecule has 1 heterocycles. The summed E-state index contributed by atoms with van der Waals surface area (Å²) in [5.41, 5.74) is 0. The van der Waals surface area contributed by atoms with Gasteiger partial charge in [0.15, 0.2) is 0 Å². The van der Waals surface area contributed by atoms with Crippen LogP contribution in [-0.4, -0.2) is 24.8 Å². The highest BCUT2D eigenvalue weighted by Crippen LogP contribution is 2.60. The molecule has 5 aliphatic rings. The van der Waals surface area contributed by atoms with Gasteiger partial charge in [-0.25, -0.2) is 9.78 Å². The molecule has 0 aromatic rings. The molecule has 0 unspecified atom stereocenters. The summed E-state index contributed by atoms with van der Waals surface area (Å²) >= 11 is 0. The third-order valence-electron chi connectivity index (χ3n) is 5.64. The van der Waals surface area contributed by atoms with E-state index in [-0.39, 0.29) is 5.78 Å². The fourth-order valence-electron chi connectivity index (χ4n) is 4.98. The van der Waals surface area contributed by atoms with Crippen molar-refractivity contribution in [3.8, 4) is 0 Å². The molecule has 5 rings (SSSR count). The summed E-state index contributed by atoms with van der Waals surface area (Å²) < 4.78 is 6.13. The van der Waals surface area contributed by atoms with E-state index in [0.29, 0.717) is 37.9 Å². The number of rotatable bonds is 0. The maximum Gasteiger partial charge on any atom is 0.207 e. The third kappa shape index (κ3) is 1.96. The van der Waals surface area contributed by atoms with Crippen LogP contribution in [0.1, 0.15) is 44.9 Å².